The summed E-state index contributed by atoms with van der Waals surface area (Å²) in [7, 11) is 0. The second kappa shape index (κ2) is 7.74. The standard InChI is InChI=1S/C15H27N3OS/c1-9(7-6-8-10(2)16)15(19)18-12(4)14-11(3)17-13(5)20-14/h9-10,12H,6-8,16H2,1-5H3,(H,18,19). The van der Waals surface area contributed by atoms with Gasteiger partial charge in [-0.05, 0) is 40.5 Å². The van der Waals surface area contributed by atoms with Crippen molar-refractivity contribution in [1.82, 2.24) is 10.3 Å². The number of rotatable bonds is 7. The van der Waals surface area contributed by atoms with E-state index in [4.69, 9.17) is 5.73 Å². The number of nitrogens with one attached hydrogen (secondary N) is 1. The molecule has 1 aromatic heterocycles. The molecular formula is C15H27N3OS. The molecule has 20 heavy (non-hydrogen) atoms. The van der Waals surface area contributed by atoms with Crippen LogP contribution in [0.4, 0.5) is 0 Å². The van der Waals surface area contributed by atoms with Crippen LogP contribution in [-0.4, -0.2) is 16.9 Å². The minimum Gasteiger partial charge on any atom is -0.348 e. The molecule has 0 radical (unpaired) electrons. The zero-order valence-electron chi connectivity index (χ0n) is 13.2. The van der Waals surface area contributed by atoms with E-state index in [-0.39, 0.29) is 23.9 Å². The number of hydrogen-bond acceptors (Lipinski definition) is 4. The maximum atomic E-state index is 12.2. The topological polar surface area (TPSA) is 68.0 Å². The molecule has 114 valence electrons. The Balaban J connectivity index is 2.46. The van der Waals surface area contributed by atoms with Crippen molar-refractivity contribution in [3.8, 4) is 0 Å². The molecule has 0 aliphatic carbocycles. The van der Waals surface area contributed by atoms with E-state index in [1.165, 1.54) is 0 Å². The van der Waals surface area contributed by atoms with Gasteiger partial charge < -0.3 is 11.1 Å². The second-order valence-electron chi connectivity index (χ2n) is 5.72. The first-order chi connectivity index (χ1) is 9.31. The van der Waals surface area contributed by atoms with Gasteiger partial charge in [0.15, 0.2) is 0 Å². The van der Waals surface area contributed by atoms with Gasteiger partial charge in [0.25, 0.3) is 0 Å². The highest BCUT2D eigenvalue weighted by Gasteiger charge is 2.19. The third kappa shape index (κ3) is 5.21. The molecule has 3 atom stereocenters. The molecule has 0 aromatic carbocycles. The molecule has 1 amide bonds. The molecule has 1 heterocycles. The number of nitrogens with two attached hydrogens (primary N) is 1. The van der Waals surface area contributed by atoms with Gasteiger partial charge in [-0.25, -0.2) is 4.98 Å². The van der Waals surface area contributed by atoms with Crippen molar-refractivity contribution in [3.05, 3.63) is 15.6 Å². The number of carbonyl (C=O) groups is 1. The van der Waals surface area contributed by atoms with Crippen LogP contribution < -0.4 is 11.1 Å². The lowest BCUT2D eigenvalue weighted by molar-refractivity contribution is -0.125. The SMILES string of the molecule is Cc1nc(C)c(C(C)NC(=O)C(C)CCCC(C)N)s1. The zero-order valence-corrected chi connectivity index (χ0v) is 14.0. The summed E-state index contributed by atoms with van der Waals surface area (Å²) < 4.78 is 0. The lowest BCUT2D eigenvalue weighted by Crippen LogP contribution is -2.31. The average Bonchev–Trinajstić information content (AvgIpc) is 2.67. The van der Waals surface area contributed by atoms with E-state index in [9.17, 15) is 4.79 Å². The van der Waals surface area contributed by atoms with Crippen LogP contribution in [0.25, 0.3) is 0 Å². The number of nitrogens with zero attached hydrogens (tertiary/aromatic N) is 1. The van der Waals surface area contributed by atoms with Gasteiger partial charge >= 0.3 is 0 Å². The Morgan fingerprint density at radius 1 is 1.30 bits per heavy atom. The lowest BCUT2D eigenvalue weighted by atomic mass is 10.0. The largest absolute Gasteiger partial charge is 0.348 e. The fourth-order valence-corrected chi connectivity index (χ4v) is 3.18. The van der Waals surface area contributed by atoms with Crippen LogP contribution in [0.2, 0.25) is 0 Å². The Kier molecular flexibility index (Phi) is 6.62. The molecule has 0 saturated heterocycles. The van der Waals surface area contributed by atoms with E-state index in [1.807, 2.05) is 34.6 Å². The first-order valence-electron chi connectivity index (χ1n) is 7.31. The van der Waals surface area contributed by atoms with Crippen molar-refractivity contribution >= 4 is 17.2 Å². The Morgan fingerprint density at radius 3 is 2.45 bits per heavy atom. The normalized spacial score (nSPS) is 15.7. The van der Waals surface area contributed by atoms with Gasteiger partial charge in [-0.3, -0.25) is 4.79 Å². The van der Waals surface area contributed by atoms with Crippen LogP contribution in [0.1, 0.15) is 61.7 Å². The van der Waals surface area contributed by atoms with Crippen LogP contribution in [0.15, 0.2) is 0 Å². The molecule has 0 bridgehead atoms. The highest BCUT2D eigenvalue weighted by atomic mass is 32.1. The van der Waals surface area contributed by atoms with E-state index in [1.54, 1.807) is 11.3 Å². The molecule has 3 unspecified atom stereocenters. The minimum absolute atomic E-state index is 0.0320. The fraction of sp³-hybridized carbons (Fsp3) is 0.733. The number of aryl methyl sites for hydroxylation is 2. The number of hydrogen-bond donors (Lipinski definition) is 2. The molecule has 1 aromatic rings. The van der Waals surface area contributed by atoms with Crippen molar-refractivity contribution in [2.24, 2.45) is 11.7 Å². The summed E-state index contributed by atoms with van der Waals surface area (Å²) in [6.45, 7) is 9.99. The van der Waals surface area contributed by atoms with Gasteiger partial charge in [-0.15, -0.1) is 11.3 Å². The van der Waals surface area contributed by atoms with Gasteiger partial charge in [0.2, 0.25) is 5.91 Å². The molecule has 0 aliphatic heterocycles. The Hall–Kier alpha value is -0.940. The summed E-state index contributed by atoms with van der Waals surface area (Å²) in [6.07, 6.45) is 2.86. The van der Waals surface area contributed by atoms with Crippen molar-refractivity contribution in [3.63, 3.8) is 0 Å². The Bertz CT molecular complexity index is 442. The fourth-order valence-electron chi connectivity index (χ4n) is 2.25. The summed E-state index contributed by atoms with van der Waals surface area (Å²) in [5, 5.41) is 4.13. The van der Waals surface area contributed by atoms with Crippen molar-refractivity contribution in [2.75, 3.05) is 0 Å². The maximum Gasteiger partial charge on any atom is 0.223 e. The van der Waals surface area contributed by atoms with Crippen molar-refractivity contribution in [2.45, 2.75) is 66.0 Å². The molecule has 0 fully saturated rings. The summed E-state index contributed by atoms with van der Waals surface area (Å²) in [4.78, 5) is 17.7. The third-order valence-corrected chi connectivity index (χ3v) is 4.69. The number of thiazole rings is 1. The molecule has 3 N–H and O–H groups in total. The van der Waals surface area contributed by atoms with Gasteiger partial charge in [0, 0.05) is 16.8 Å². The summed E-state index contributed by atoms with van der Waals surface area (Å²) in [5.74, 6) is 0.151. The number of aromatic nitrogens is 1. The van der Waals surface area contributed by atoms with Crippen LogP contribution in [0.5, 0.6) is 0 Å². The molecule has 5 heteroatoms. The van der Waals surface area contributed by atoms with Crippen LogP contribution in [0.3, 0.4) is 0 Å². The highest BCUT2D eigenvalue weighted by Crippen LogP contribution is 2.24. The predicted octanol–water partition coefficient (Wildman–Crippen LogP) is 3.09. The quantitative estimate of drug-likeness (QED) is 0.812. The van der Waals surface area contributed by atoms with Gasteiger partial charge in [-0.2, -0.15) is 0 Å². The van der Waals surface area contributed by atoms with E-state index in [0.717, 1.165) is 34.8 Å². The molecule has 0 saturated carbocycles. The molecule has 1 rings (SSSR count). The van der Waals surface area contributed by atoms with Crippen LogP contribution in [-0.2, 0) is 4.79 Å². The predicted molar refractivity (Wildman–Crippen MR) is 84.8 cm³/mol. The first-order valence-corrected chi connectivity index (χ1v) is 8.12. The molecule has 0 spiro atoms. The van der Waals surface area contributed by atoms with E-state index in [2.05, 4.69) is 10.3 Å². The monoisotopic (exact) mass is 297 g/mol. The summed E-state index contributed by atoms with van der Waals surface area (Å²) >= 11 is 1.66. The lowest BCUT2D eigenvalue weighted by Gasteiger charge is -2.17. The second-order valence-corrected chi connectivity index (χ2v) is 6.96. The Morgan fingerprint density at radius 2 is 1.95 bits per heavy atom. The first kappa shape index (κ1) is 17.1. The molecule has 0 aliphatic rings. The van der Waals surface area contributed by atoms with Crippen LogP contribution in [0, 0.1) is 19.8 Å². The summed E-state index contributed by atoms with van der Waals surface area (Å²) in [6, 6.07) is 0.247. The minimum atomic E-state index is 0.0320. The van der Waals surface area contributed by atoms with E-state index in [0.29, 0.717) is 0 Å². The highest BCUT2D eigenvalue weighted by molar-refractivity contribution is 7.11. The zero-order chi connectivity index (χ0) is 15.3. The third-order valence-electron chi connectivity index (χ3n) is 3.44. The number of amides is 1. The van der Waals surface area contributed by atoms with Gasteiger partial charge in [-0.1, -0.05) is 13.3 Å². The Labute approximate surface area is 126 Å². The van der Waals surface area contributed by atoms with Crippen LogP contribution >= 0.6 is 11.3 Å². The molecule has 4 nitrogen and oxygen atoms in total. The van der Waals surface area contributed by atoms with Gasteiger partial charge in [0.05, 0.1) is 16.7 Å². The van der Waals surface area contributed by atoms with E-state index < -0.39 is 0 Å². The maximum absolute atomic E-state index is 12.2. The van der Waals surface area contributed by atoms with Crippen molar-refractivity contribution in [1.29, 1.82) is 0 Å². The smallest absolute Gasteiger partial charge is 0.223 e. The van der Waals surface area contributed by atoms with Gasteiger partial charge in [0.1, 0.15) is 0 Å². The summed E-state index contributed by atoms with van der Waals surface area (Å²) in [5.41, 5.74) is 6.74. The van der Waals surface area contributed by atoms with Crippen molar-refractivity contribution < 1.29 is 4.79 Å². The van der Waals surface area contributed by atoms with E-state index >= 15 is 0 Å². The molecular weight excluding hydrogens is 270 g/mol. The average molecular weight is 297 g/mol. The number of carbonyl (C=O) groups excluding carboxylic acids is 1.